The molecule has 1 fully saturated rings. The first-order valence-electron chi connectivity index (χ1n) is 9.60. The third kappa shape index (κ3) is 7.65. The third-order valence-electron chi connectivity index (χ3n) is 5.37. The van der Waals surface area contributed by atoms with Crippen molar-refractivity contribution in [1.82, 2.24) is 0 Å². The van der Waals surface area contributed by atoms with Gasteiger partial charge >= 0.3 is 0 Å². The van der Waals surface area contributed by atoms with Crippen LogP contribution in [-0.2, 0) is 4.74 Å². The molecule has 2 heteroatoms. The van der Waals surface area contributed by atoms with Crippen molar-refractivity contribution in [1.29, 1.82) is 0 Å². The molecular formula is C19H39NO. The van der Waals surface area contributed by atoms with Gasteiger partial charge in [0.25, 0.3) is 0 Å². The van der Waals surface area contributed by atoms with Gasteiger partial charge in [0.05, 0.1) is 5.60 Å². The standard InChI is InChI=1S/C19H39NO/c1-3-5-6-7-8-9-10-11-16-21-19(17-20)14-12-18(4-2)13-15-19/h18H,3-17,20H2,1-2H3. The van der Waals surface area contributed by atoms with E-state index < -0.39 is 0 Å². The van der Waals surface area contributed by atoms with E-state index in [0.29, 0.717) is 6.54 Å². The molecule has 1 aliphatic rings. The molecule has 0 aromatic rings. The van der Waals surface area contributed by atoms with Gasteiger partial charge in [-0.2, -0.15) is 0 Å². The monoisotopic (exact) mass is 297 g/mol. The lowest BCUT2D eigenvalue weighted by Crippen LogP contribution is -2.44. The van der Waals surface area contributed by atoms with Gasteiger partial charge in [-0.1, -0.05) is 65.2 Å². The smallest absolute Gasteiger partial charge is 0.0804 e. The Kier molecular flexibility index (Phi) is 10.4. The highest BCUT2D eigenvalue weighted by Crippen LogP contribution is 2.35. The normalized spacial score (nSPS) is 26.1. The summed E-state index contributed by atoms with van der Waals surface area (Å²) in [6.45, 7) is 6.21. The molecule has 0 amide bonds. The van der Waals surface area contributed by atoms with Gasteiger partial charge in [0.1, 0.15) is 0 Å². The summed E-state index contributed by atoms with van der Waals surface area (Å²) in [5.74, 6) is 0.913. The number of nitrogens with two attached hydrogens (primary N) is 1. The van der Waals surface area contributed by atoms with Crippen molar-refractivity contribution in [3.8, 4) is 0 Å². The lowest BCUT2D eigenvalue weighted by Gasteiger charge is -2.39. The van der Waals surface area contributed by atoms with Crippen LogP contribution in [0.4, 0.5) is 0 Å². The van der Waals surface area contributed by atoms with Gasteiger partial charge in [-0.25, -0.2) is 0 Å². The molecule has 2 nitrogen and oxygen atoms in total. The van der Waals surface area contributed by atoms with Crippen LogP contribution in [0.25, 0.3) is 0 Å². The van der Waals surface area contributed by atoms with Gasteiger partial charge in [-0.15, -0.1) is 0 Å². The molecule has 0 radical (unpaired) electrons. The molecule has 21 heavy (non-hydrogen) atoms. The van der Waals surface area contributed by atoms with Gasteiger partial charge in [0.2, 0.25) is 0 Å². The van der Waals surface area contributed by atoms with Crippen molar-refractivity contribution in [3.63, 3.8) is 0 Å². The predicted molar refractivity (Wildman–Crippen MR) is 92.6 cm³/mol. The minimum atomic E-state index is 0.0206. The maximum atomic E-state index is 6.23. The number of ether oxygens (including phenoxy) is 1. The molecule has 0 aromatic carbocycles. The van der Waals surface area contributed by atoms with Crippen LogP contribution in [-0.4, -0.2) is 18.8 Å². The molecule has 0 bridgehead atoms. The van der Waals surface area contributed by atoms with E-state index in [-0.39, 0.29) is 5.60 Å². The molecule has 1 aliphatic carbocycles. The van der Waals surface area contributed by atoms with Crippen LogP contribution in [0.3, 0.4) is 0 Å². The van der Waals surface area contributed by atoms with Crippen LogP contribution in [0.5, 0.6) is 0 Å². The largest absolute Gasteiger partial charge is 0.374 e. The summed E-state index contributed by atoms with van der Waals surface area (Å²) >= 11 is 0. The predicted octanol–water partition coefficient (Wildman–Crippen LogP) is 5.44. The maximum Gasteiger partial charge on any atom is 0.0804 e. The molecule has 0 saturated heterocycles. The van der Waals surface area contributed by atoms with Crippen LogP contribution in [0, 0.1) is 5.92 Å². The van der Waals surface area contributed by atoms with Crippen LogP contribution in [0.2, 0.25) is 0 Å². The Balaban J connectivity index is 2.02. The molecule has 0 unspecified atom stereocenters. The zero-order chi connectivity index (χ0) is 15.4. The molecule has 126 valence electrons. The molecule has 0 spiro atoms. The van der Waals surface area contributed by atoms with E-state index in [1.807, 2.05) is 0 Å². The Labute approximate surface area is 133 Å². The third-order valence-corrected chi connectivity index (χ3v) is 5.37. The van der Waals surface area contributed by atoms with Crippen molar-refractivity contribution < 1.29 is 4.74 Å². The first-order valence-corrected chi connectivity index (χ1v) is 9.60. The van der Waals surface area contributed by atoms with Gasteiger partial charge in [-0.3, -0.25) is 0 Å². The van der Waals surface area contributed by atoms with E-state index in [1.165, 1.54) is 83.5 Å². The maximum absolute atomic E-state index is 6.23. The minimum Gasteiger partial charge on any atom is -0.374 e. The molecule has 0 aliphatic heterocycles. The van der Waals surface area contributed by atoms with Crippen molar-refractivity contribution in [2.24, 2.45) is 11.7 Å². The average Bonchev–Trinajstić information content (AvgIpc) is 2.54. The number of hydrogen-bond donors (Lipinski definition) is 1. The first kappa shape index (κ1) is 19.0. The van der Waals surface area contributed by atoms with Crippen LogP contribution in [0.15, 0.2) is 0 Å². The number of hydrogen-bond acceptors (Lipinski definition) is 2. The molecule has 2 N–H and O–H groups in total. The van der Waals surface area contributed by atoms with Crippen LogP contribution in [0.1, 0.15) is 97.3 Å². The highest BCUT2D eigenvalue weighted by Gasteiger charge is 2.34. The Bertz CT molecular complexity index is 234. The minimum absolute atomic E-state index is 0.0206. The lowest BCUT2D eigenvalue weighted by molar-refractivity contribution is -0.0726. The van der Waals surface area contributed by atoms with Gasteiger partial charge in [0.15, 0.2) is 0 Å². The van der Waals surface area contributed by atoms with E-state index in [1.54, 1.807) is 0 Å². The van der Waals surface area contributed by atoms with Gasteiger partial charge < -0.3 is 10.5 Å². The Morgan fingerprint density at radius 2 is 1.48 bits per heavy atom. The number of unbranched alkanes of at least 4 members (excludes halogenated alkanes) is 7. The van der Waals surface area contributed by atoms with Gasteiger partial charge in [-0.05, 0) is 38.0 Å². The summed E-state index contributed by atoms with van der Waals surface area (Å²) in [6.07, 6.45) is 17.2. The quantitative estimate of drug-likeness (QED) is 0.487. The fourth-order valence-corrected chi connectivity index (χ4v) is 3.54. The highest BCUT2D eigenvalue weighted by atomic mass is 16.5. The van der Waals surface area contributed by atoms with Crippen LogP contribution < -0.4 is 5.73 Å². The molecule has 1 rings (SSSR count). The second-order valence-electron chi connectivity index (χ2n) is 7.06. The molecule has 0 atom stereocenters. The Morgan fingerprint density at radius 1 is 0.905 bits per heavy atom. The Hall–Kier alpha value is -0.0800. The van der Waals surface area contributed by atoms with E-state index in [9.17, 15) is 0 Å². The second-order valence-corrected chi connectivity index (χ2v) is 7.06. The Morgan fingerprint density at radius 3 is 2.00 bits per heavy atom. The summed E-state index contributed by atoms with van der Waals surface area (Å²) < 4.78 is 6.23. The summed E-state index contributed by atoms with van der Waals surface area (Å²) in [7, 11) is 0. The van der Waals surface area contributed by atoms with E-state index in [0.717, 1.165) is 12.5 Å². The summed E-state index contributed by atoms with van der Waals surface area (Å²) in [5, 5.41) is 0. The molecule has 0 heterocycles. The summed E-state index contributed by atoms with van der Waals surface area (Å²) in [5.41, 5.74) is 6.03. The molecular weight excluding hydrogens is 258 g/mol. The summed E-state index contributed by atoms with van der Waals surface area (Å²) in [4.78, 5) is 0. The number of rotatable bonds is 12. The van der Waals surface area contributed by atoms with Crippen molar-refractivity contribution in [2.45, 2.75) is 103 Å². The zero-order valence-electron chi connectivity index (χ0n) is 14.7. The average molecular weight is 298 g/mol. The topological polar surface area (TPSA) is 35.2 Å². The van der Waals surface area contributed by atoms with Crippen molar-refractivity contribution in [3.05, 3.63) is 0 Å². The van der Waals surface area contributed by atoms with E-state index in [2.05, 4.69) is 13.8 Å². The van der Waals surface area contributed by atoms with Gasteiger partial charge in [0, 0.05) is 13.2 Å². The molecule has 1 saturated carbocycles. The zero-order valence-corrected chi connectivity index (χ0v) is 14.7. The van der Waals surface area contributed by atoms with E-state index >= 15 is 0 Å². The van der Waals surface area contributed by atoms with Crippen molar-refractivity contribution >= 4 is 0 Å². The fourth-order valence-electron chi connectivity index (χ4n) is 3.54. The molecule has 0 aromatic heterocycles. The second kappa shape index (κ2) is 11.5. The SMILES string of the molecule is CCCCCCCCCCOC1(CN)CCC(CC)CC1. The fraction of sp³-hybridized carbons (Fsp3) is 1.00. The van der Waals surface area contributed by atoms with Crippen molar-refractivity contribution in [2.75, 3.05) is 13.2 Å². The highest BCUT2D eigenvalue weighted by molar-refractivity contribution is 4.88. The van der Waals surface area contributed by atoms with E-state index in [4.69, 9.17) is 10.5 Å². The summed E-state index contributed by atoms with van der Waals surface area (Å²) in [6, 6.07) is 0. The van der Waals surface area contributed by atoms with Crippen LogP contribution >= 0.6 is 0 Å². The lowest BCUT2D eigenvalue weighted by atomic mass is 9.77. The first-order chi connectivity index (χ1) is 10.3.